The van der Waals surface area contributed by atoms with Crippen LogP contribution in [0.3, 0.4) is 0 Å². The van der Waals surface area contributed by atoms with E-state index in [1.54, 1.807) is 6.07 Å². The van der Waals surface area contributed by atoms with Crippen molar-refractivity contribution in [2.45, 2.75) is 37.3 Å². The molecule has 2 bridgehead atoms. The number of rotatable bonds is 3. The van der Waals surface area contributed by atoms with E-state index >= 15 is 0 Å². The maximum Gasteiger partial charge on any atom is 0.341 e. The first-order valence-corrected chi connectivity index (χ1v) is 9.00. The summed E-state index contributed by atoms with van der Waals surface area (Å²) in [7, 11) is 0. The van der Waals surface area contributed by atoms with Gasteiger partial charge in [0.15, 0.2) is 0 Å². The molecule has 2 aliphatic heterocycles. The molecule has 4 fully saturated rings. The van der Waals surface area contributed by atoms with Crippen LogP contribution in [0.25, 0.3) is 10.9 Å². The van der Waals surface area contributed by atoms with E-state index in [9.17, 15) is 19.1 Å². The zero-order valence-electron chi connectivity index (χ0n) is 14.2. The molecule has 7 heteroatoms. The average Bonchev–Trinajstić information content (AvgIpc) is 3.38. The molecular formula is C19H20FN3O3. The summed E-state index contributed by atoms with van der Waals surface area (Å²) in [6.07, 6.45) is 5.23. The van der Waals surface area contributed by atoms with Crippen molar-refractivity contribution in [3.63, 3.8) is 0 Å². The number of piperidine rings is 2. The fraction of sp³-hybridized carbons (Fsp3) is 0.474. The molecule has 1 aromatic carbocycles. The minimum atomic E-state index is -1.28. The van der Waals surface area contributed by atoms with Crippen molar-refractivity contribution in [1.29, 1.82) is 0 Å². The number of fused-ring (bicyclic) bond motifs is 3. The van der Waals surface area contributed by atoms with Gasteiger partial charge in [0.2, 0.25) is 5.43 Å². The molecule has 4 aliphatic rings. The Labute approximate surface area is 149 Å². The lowest BCUT2D eigenvalue weighted by Crippen LogP contribution is -2.66. The summed E-state index contributed by atoms with van der Waals surface area (Å²) in [5.74, 6) is -1.29. The number of halogens is 1. The van der Waals surface area contributed by atoms with Crippen LogP contribution in [0.4, 0.5) is 10.1 Å². The molecule has 6 rings (SSSR count). The molecule has 2 saturated heterocycles. The van der Waals surface area contributed by atoms with Gasteiger partial charge >= 0.3 is 5.97 Å². The number of hydrogen-bond donors (Lipinski definition) is 2. The maximum atomic E-state index is 14.9. The average molecular weight is 357 g/mol. The molecule has 2 aliphatic carbocycles. The molecule has 0 spiro atoms. The lowest BCUT2D eigenvalue weighted by molar-refractivity contribution is 0.0694. The Morgan fingerprint density at radius 2 is 2.04 bits per heavy atom. The van der Waals surface area contributed by atoms with Crippen molar-refractivity contribution < 1.29 is 14.3 Å². The topological polar surface area (TPSA) is 88.6 Å². The third kappa shape index (κ3) is 2.26. The molecule has 3 N–H and O–H groups in total. The summed E-state index contributed by atoms with van der Waals surface area (Å²) in [4.78, 5) is 25.9. The first-order chi connectivity index (χ1) is 12.3. The van der Waals surface area contributed by atoms with E-state index < -0.39 is 17.2 Å². The molecule has 136 valence electrons. The molecule has 0 radical (unpaired) electrons. The Balaban J connectivity index is 1.69. The van der Waals surface area contributed by atoms with Gasteiger partial charge in [0.25, 0.3) is 0 Å². The minimum absolute atomic E-state index is 0.127. The molecule has 26 heavy (non-hydrogen) atoms. The smallest absolute Gasteiger partial charge is 0.341 e. The number of nitrogens with zero attached hydrogens (tertiary/aromatic N) is 2. The first kappa shape index (κ1) is 15.8. The summed E-state index contributed by atoms with van der Waals surface area (Å²) < 4.78 is 16.7. The Hall–Kier alpha value is -2.41. The molecule has 0 atom stereocenters. The van der Waals surface area contributed by atoms with Gasteiger partial charge in [0.1, 0.15) is 11.4 Å². The molecule has 2 aromatic rings. The fourth-order valence-electron chi connectivity index (χ4n) is 4.70. The predicted molar refractivity (Wildman–Crippen MR) is 95.3 cm³/mol. The Morgan fingerprint density at radius 1 is 1.31 bits per heavy atom. The Kier molecular flexibility index (Phi) is 3.08. The van der Waals surface area contributed by atoms with Crippen LogP contribution < -0.4 is 16.1 Å². The van der Waals surface area contributed by atoms with Crippen molar-refractivity contribution in [2.24, 2.45) is 11.7 Å². The quantitative estimate of drug-likeness (QED) is 0.878. The third-order valence-corrected chi connectivity index (χ3v) is 5.99. The van der Waals surface area contributed by atoms with Crippen LogP contribution in [0.15, 0.2) is 23.1 Å². The van der Waals surface area contributed by atoms with Gasteiger partial charge in [-0.05, 0) is 43.7 Å². The van der Waals surface area contributed by atoms with E-state index in [0.29, 0.717) is 23.7 Å². The van der Waals surface area contributed by atoms with Crippen molar-refractivity contribution >= 4 is 22.6 Å². The number of carboxylic acids is 1. The molecule has 2 saturated carbocycles. The number of benzene rings is 1. The minimum Gasteiger partial charge on any atom is -0.477 e. The SMILES string of the molecule is NC12CC(CN(c3cc4c(cc3F)c(=O)c(C(=O)O)cn4C3CC3)C1)C2. The molecule has 0 unspecified atom stereocenters. The third-order valence-electron chi connectivity index (χ3n) is 5.99. The maximum absolute atomic E-state index is 14.9. The number of pyridine rings is 1. The van der Waals surface area contributed by atoms with Crippen LogP contribution in [0.5, 0.6) is 0 Å². The van der Waals surface area contributed by atoms with Gasteiger partial charge < -0.3 is 20.3 Å². The molecule has 0 amide bonds. The Bertz CT molecular complexity index is 1010. The van der Waals surface area contributed by atoms with E-state index in [0.717, 1.165) is 32.2 Å². The van der Waals surface area contributed by atoms with Gasteiger partial charge in [-0.25, -0.2) is 9.18 Å². The number of anilines is 1. The van der Waals surface area contributed by atoms with Crippen LogP contribution in [0.1, 0.15) is 42.1 Å². The van der Waals surface area contributed by atoms with Gasteiger partial charge in [-0.15, -0.1) is 0 Å². The van der Waals surface area contributed by atoms with Crippen molar-refractivity contribution in [2.75, 3.05) is 18.0 Å². The zero-order valence-corrected chi connectivity index (χ0v) is 14.2. The lowest BCUT2D eigenvalue weighted by atomic mass is 9.65. The standard InChI is InChI=1S/C19H20FN3O3/c20-14-3-12-15(4-16(14)22-7-10-5-19(21,6-10)9-22)23(11-1-2-11)8-13(17(12)24)18(25)26/h3-4,8,10-11H,1-2,5-7,9,21H2,(H,25,26). The number of aromatic nitrogens is 1. The van der Waals surface area contributed by atoms with Crippen molar-refractivity contribution in [3.05, 3.63) is 39.9 Å². The summed E-state index contributed by atoms with van der Waals surface area (Å²) in [5, 5.41) is 9.44. The number of nitrogens with two attached hydrogens (primary N) is 1. The summed E-state index contributed by atoms with van der Waals surface area (Å²) >= 11 is 0. The van der Waals surface area contributed by atoms with Crippen LogP contribution >= 0.6 is 0 Å². The van der Waals surface area contributed by atoms with Crippen molar-refractivity contribution in [1.82, 2.24) is 4.57 Å². The van der Waals surface area contributed by atoms with Crippen LogP contribution in [-0.4, -0.2) is 34.3 Å². The van der Waals surface area contributed by atoms with Crippen LogP contribution in [-0.2, 0) is 0 Å². The van der Waals surface area contributed by atoms with Crippen molar-refractivity contribution in [3.8, 4) is 0 Å². The molecular weight excluding hydrogens is 337 g/mol. The predicted octanol–water partition coefficient (Wildman–Crippen LogP) is 2.10. The van der Waals surface area contributed by atoms with E-state index in [-0.39, 0.29) is 22.5 Å². The highest BCUT2D eigenvalue weighted by Crippen LogP contribution is 2.44. The number of aromatic carboxylic acids is 1. The Morgan fingerprint density at radius 3 is 2.65 bits per heavy atom. The van der Waals surface area contributed by atoms with Gasteiger partial charge in [-0.1, -0.05) is 0 Å². The van der Waals surface area contributed by atoms with Crippen LogP contribution in [0, 0.1) is 11.7 Å². The highest BCUT2D eigenvalue weighted by Gasteiger charge is 2.47. The zero-order chi connectivity index (χ0) is 18.2. The molecule has 1 aromatic heterocycles. The largest absolute Gasteiger partial charge is 0.477 e. The van der Waals surface area contributed by atoms with E-state index in [4.69, 9.17) is 5.73 Å². The summed E-state index contributed by atoms with van der Waals surface area (Å²) in [5.41, 5.74) is 6.18. The summed E-state index contributed by atoms with van der Waals surface area (Å²) in [6, 6.07) is 3.07. The fourth-order valence-corrected chi connectivity index (χ4v) is 4.70. The van der Waals surface area contributed by atoms with E-state index in [2.05, 4.69) is 0 Å². The number of carboxylic acid groups (broad SMARTS) is 1. The first-order valence-electron chi connectivity index (χ1n) is 9.00. The van der Waals surface area contributed by atoms with E-state index in [1.807, 2.05) is 9.47 Å². The summed E-state index contributed by atoms with van der Waals surface area (Å²) in [6.45, 7) is 1.37. The lowest BCUT2D eigenvalue weighted by Gasteiger charge is -2.55. The second kappa shape index (κ2) is 5.07. The normalized spacial score (nSPS) is 27.5. The highest BCUT2D eigenvalue weighted by molar-refractivity contribution is 5.93. The van der Waals surface area contributed by atoms with E-state index in [1.165, 1.54) is 12.3 Å². The molecule has 6 nitrogen and oxygen atoms in total. The number of hydrogen-bond acceptors (Lipinski definition) is 4. The second-order valence-electron chi connectivity index (χ2n) is 8.15. The van der Waals surface area contributed by atoms with Gasteiger partial charge in [-0.2, -0.15) is 0 Å². The number of carbonyl (C=O) groups is 1. The van der Waals surface area contributed by atoms with Gasteiger partial charge in [-0.3, -0.25) is 4.79 Å². The highest BCUT2D eigenvalue weighted by atomic mass is 19.1. The van der Waals surface area contributed by atoms with Gasteiger partial charge in [0.05, 0.1) is 11.2 Å². The second-order valence-corrected chi connectivity index (χ2v) is 8.15. The molecule has 3 heterocycles. The van der Waals surface area contributed by atoms with Gasteiger partial charge in [0, 0.05) is 36.3 Å². The van der Waals surface area contributed by atoms with Crippen LogP contribution in [0.2, 0.25) is 0 Å². The monoisotopic (exact) mass is 357 g/mol.